The first-order valence-corrected chi connectivity index (χ1v) is 6.59. The van der Waals surface area contributed by atoms with E-state index >= 15 is 0 Å². The minimum Gasteiger partial charge on any atom is -0.329 e. The second-order valence-corrected chi connectivity index (χ2v) is 4.92. The molecular formula is C12H23F3N2O. The Balaban J connectivity index is 2.53. The molecule has 0 atom stereocenters. The number of rotatable bonds is 7. The Hall–Kier alpha value is -0.330. The van der Waals surface area contributed by atoms with E-state index < -0.39 is 6.36 Å². The van der Waals surface area contributed by atoms with Crippen molar-refractivity contribution in [2.75, 3.05) is 26.2 Å². The topological polar surface area (TPSA) is 38.5 Å². The van der Waals surface area contributed by atoms with Crippen molar-refractivity contribution in [3.05, 3.63) is 0 Å². The van der Waals surface area contributed by atoms with Crippen LogP contribution in [-0.2, 0) is 4.74 Å². The fourth-order valence-electron chi connectivity index (χ4n) is 2.81. The van der Waals surface area contributed by atoms with E-state index in [1.165, 1.54) is 0 Å². The van der Waals surface area contributed by atoms with Gasteiger partial charge in [0.15, 0.2) is 0 Å². The number of nitrogens with zero attached hydrogens (tertiary/aromatic N) is 1. The Morgan fingerprint density at radius 1 is 1.22 bits per heavy atom. The van der Waals surface area contributed by atoms with E-state index in [1.807, 2.05) is 6.92 Å². The minimum atomic E-state index is -4.54. The molecule has 0 aliphatic heterocycles. The molecule has 1 saturated carbocycles. The monoisotopic (exact) mass is 268 g/mol. The molecule has 6 heteroatoms. The lowest BCUT2D eigenvalue weighted by Crippen LogP contribution is -2.53. The first kappa shape index (κ1) is 15.7. The van der Waals surface area contributed by atoms with Gasteiger partial charge in [-0.25, -0.2) is 0 Å². The van der Waals surface area contributed by atoms with Crippen LogP contribution in [0.5, 0.6) is 0 Å². The van der Waals surface area contributed by atoms with Gasteiger partial charge in [-0.3, -0.25) is 9.64 Å². The summed E-state index contributed by atoms with van der Waals surface area (Å²) in [5.74, 6) is 0. The van der Waals surface area contributed by atoms with E-state index in [0.29, 0.717) is 13.1 Å². The summed E-state index contributed by atoms with van der Waals surface area (Å²) in [4.78, 5) is 2.09. The molecule has 1 fully saturated rings. The maximum atomic E-state index is 12.0. The van der Waals surface area contributed by atoms with Gasteiger partial charge in [0, 0.05) is 18.6 Å². The molecule has 0 bridgehead atoms. The number of nitrogens with two attached hydrogens (primary N) is 1. The van der Waals surface area contributed by atoms with Crippen molar-refractivity contribution in [3.63, 3.8) is 0 Å². The molecule has 0 aromatic carbocycles. The Morgan fingerprint density at radius 2 is 1.83 bits per heavy atom. The summed E-state index contributed by atoms with van der Waals surface area (Å²) >= 11 is 0. The van der Waals surface area contributed by atoms with Crippen LogP contribution in [0.15, 0.2) is 0 Å². The Bertz CT molecular complexity index is 240. The van der Waals surface area contributed by atoms with Gasteiger partial charge in [-0.1, -0.05) is 19.8 Å². The molecule has 108 valence electrons. The number of ether oxygens (including phenoxy) is 1. The molecule has 1 rings (SSSR count). The molecule has 3 nitrogen and oxygen atoms in total. The van der Waals surface area contributed by atoms with Crippen molar-refractivity contribution in [1.29, 1.82) is 0 Å². The third-order valence-electron chi connectivity index (χ3n) is 3.71. The lowest BCUT2D eigenvalue weighted by Gasteiger charge is -2.40. The number of halogens is 3. The number of alkyl halides is 3. The molecule has 0 heterocycles. The van der Waals surface area contributed by atoms with Crippen LogP contribution in [0.2, 0.25) is 0 Å². The second kappa shape index (κ2) is 6.73. The van der Waals surface area contributed by atoms with E-state index in [2.05, 4.69) is 9.64 Å². The van der Waals surface area contributed by atoms with Crippen LogP contribution in [0.1, 0.15) is 39.0 Å². The smallest absolute Gasteiger partial charge is 0.329 e. The minimum absolute atomic E-state index is 0.106. The zero-order valence-corrected chi connectivity index (χ0v) is 10.9. The predicted molar refractivity (Wildman–Crippen MR) is 64.1 cm³/mol. The lowest BCUT2D eigenvalue weighted by atomic mass is 9.95. The Kier molecular flexibility index (Phi) is 5.88. The van der Waals surface area contributed by atoms with Crippen molar-refractivity contribution in [2.45, 2.75) is 50.9 Å². The summed E-state index contributed by atoms with van der Waals surface area (Å²) in [5, 5.41) is 0. The predicted octanol–water partition coefficient (Wildman–Crippen LogP) is 2.51. The number of hydrogen-bond acceptors (Lipinski definition) is 3. The van der Waals surface area contributed by atoms with Crippen LogP contribution in [0.4, 0.5) is 13.2 Å². The first-order valence-electron chi connectivity index (χ1n) is 6.59. The summed E-state index contributed by atoms with van der Waals surface area (Å²) in [6.07, 6.45) is 0.553. The van der Waals surface area contributed by atoms with Crippen LogP contribution >= 0.6 is 0 Å². The molecule has 0 spiro atoms. The summed E-state index contributed by atoms with van der Waals surface area (Å²) in [5.41, 5.74) is 5.75. The molecule has 0 saturated heterocycles. The third kappa shape index (κ3) is 4.40. The van der Waals surface area contributed by atoms with Crippen LogP contribution in [-0.4, -0.2) is 43.0 Å². The van der Waals surface area contributed by atoms with Crippen LogP contribution in [0, 0.1) is 0 Å². The van der Waals surface area contributed by atoms with Gasteiger partial charge in [0.25, 0.3) is 0 Å². The molecule has 0 aromatic heterocycles. The summed E-state index contributed by atoms with van der Waals surface area (Å²) in [6, 6.07) is 0. The highest BCUT2D eigenvalue weighted by molar-refractivity contribution is 4.95. The standard InChI is InChI=1S/C12H23F3N2O/c1-2-7-17(8-9-18-12(13,14)15)11(10-16)5-3-4-6-11/h2-10,16H2,1H3. The maximum Gasteiger partial charge on any atom is 0.522 e. The summed E-state index contributed by atoms with van der Waals surface area (Å²) in [6.45, 7) is 3.30. The van der Waals surface area contributed by atoms with E-state index in [0.717, 1.165) is 38.6 Å². The van der Waals surface area contributed by atoms with E-state index in [1.54, 1.807) is 0 Å². The van der Waals surface area contributed by atoms with Crippen molar-refractivity contribution in [3.8, 4) is 0 Å². The second-order valence-electron chi connectivity index (χ2n) is 4.92. The Morgan fingerprint density at radius 3 is 2.28 bits per heavy atom. The molecule has 0 radical (unpaired) electrons. The fourth-order valence-corrected chi connectivity index (χ4v) is 2.81. The lowest BCUT2D eigenvalue weighted by molar-refractivity contribution is -0.325. The highest BCUT2D eigenvalue weighted by Crippen LogP contribution is 2.34. The third-order valence-corrected chi connectivity index (χ3v) is 3.71. The van der Waals surface area contributed by atoms with Gasteiger partial charge in [-0.05, 0) is 25.8 Å². The van der Waals surface area contributed by atoms with Crippen molar-refractivity contribution < 1.29 is 17.9 Å². The van der Waals surface area contributed by atoms with Gasteiger partial charge in [-0.15, -0.1) is 13.2 Å². The zero-order valence-electron chi connectivity index (χ0n) is 10.9. The molecule has 18 heavy (non-hydrogen) atoms. The highest BCUT2D eigenvalue weighted by atomic mass is 19.4. The normalized spacial score (nSPS) is 19.7. The van der Waals surface area contributed by atoms with Crippen molar-refractivity contribution in [2.24, 2.45) is 5.73 Å². The fraction of sp³-hybridized carbons (Fsp3) is 1.00. The molecule has 0 unspecified atom stereocenters. The summed E-state index contributed by atoms with van der Waals surface area (Å²) < 4.78 is 39.8. The van der Waals surface area contributed by atoms with Crippen LogP contribution in [0.3, 0.4) is 0 Å². The van der Waals surface area contributed by atoms with Gasteiger partial charge < -0.3 is 5.73 Å². The summed E-state index contributed by atoms with van der Waals surface area (Å²) in [7, 11) is 0. The van der Waals surface area contributed by atoms with Crippen molar-refractivity contribution in [1.82, 2.24) is 4.90 Å². The average molecular weight is 268 g/mol. The van der Waals surface area contributed by atoms with Crippen molar-refractivity contribution >= 4 is 0 Å². The average Bonchev–Trinajstić information content (AvgIpc) is 2.76. The van der Waals surface area contributed by atoms with Gasteiger partial charge in [0.2, 0.25) is 0 Å². The molecule has 1 aliphatic rings. The molecule has 2 N–H and O–H groups in total. The van der Waals surface area contributed by atoms with E-state index in [-0.39, 0.29) is 12.1 Å². The zero-order chi connectivity index (χ0) is 13.6. The molecule has 1 aliphatic carbocycles. The largest absolute Gasteiger partial charge is 0.522 e. The molecular weight excluding hydrogens is 245 g/mol. The van der Waals surface area contributed by atoms with Gasteiger partial charge in [0.05, 0.1) is 6.61 Å². The maximum absolute atomic E-state index is 12.0. The van der Waals surface area contributed by atoms with E-state index in [4.69, 9.17) is 5.73 Å². The first-order chi connectivity index (χ1) is 8.43. The van der Waals surface area contributed by atoms with Crippen LogP contribution < -0.4 is 5.73 Å². The quantitative estimate of drug-likeness (QED) is 0.771. The molecule has 0 amide bonds. The Labute approximate surface area is 106 Å². The SMILES string of the molecule is CCCN(CCOC(F)(F)F)C1(CN)CCCC1. The van der Waals surface area contributed by atoms with Gasteiger partial charge in [-0.2, -0.15) is 0 Å². The van der Waals surface area contributed by atoms with Gasteiger partial charge in [0.1, 0.15) is 0 Å². The number of hydrogen-bond donors (Lipinski definition) is 1. The van der Waals surface area contributed by atoms with E-state index in [9.17, 15) is 13.2 Å². The molecule has 0 aromatic rings. The van der Waals surface area contributed by atoms with Crippen LogP contribution in [0.25, 0.3) is 0 Å². The van der Waals surface area contributed by atoms with Gasteiger partial charge >= 0.3 is 6.36 Å². The highest BCUT2D eigenvalue weighted by Gasteiger charge is 2.38.